The van der Waals surface area contributed by atoms with Crippen molar-refractivity contribution in [2.75, 3.05) is 39.8 Å². The number of rotatable bonds is 14. The summed E-state index contributed by atoms with van der Waals surface area (Å²) in [6, 6.07) is 14.7. The van der Waals surface area contributed by atoms with Crippen LogP contribution in [-0.4, -0.2) is 63.7 Å². The lowest BCUT2D eigenvalue weighted by Gasteiger charge is -2.21. The first-order valence-electron chi connectivity index (χ1n) is 10.6. The van der Waals surface area contributed by atoms with Gasteiger partial charge in [0, 0.05) is 30.1 Å². The van der Waals surface area contributed by atoms with E-state index in [1.807, 2.05) is 48.5 Å². The number of carbonyl (C=O) groups excluding carboxylic acids is 2. The normalized spacial score (nSPS) is 12.5. The van der Waals surface area contributed by atoms with E-state index in [9.17, 15) is 9.59 Å². The Balaban J connectivity index is 1.83. The number of ether oxygens (including phenoxy) is 2. The molecule has 0 saturated carbocycles. The number of benzene rings is 2. The smallest absolute Gasteiger partial charge is 0.243 e. The van der Waals surface area contributed by atoms with Crippen LogP contribution in [0.3, 0.4) is 0 Å². The molecule has 0 fully saturated rings. The molecule has 0 spiro atoms. The molecular weight excluding hydrogens is 458 g/mol. The van der Waals surface area contributed by atoms with Crippen LogP contribution in [0.25, 0.3) is 0 Å². The number of hydrogen-bond acceptors (Lipinski definition) is 7. The molecule has 33 heavy (non-hydrogen) atoms. The van der Waals surface area contributed by atoms with Crippen molar-refractivity contribution >= 4 is 35.3 Å². The second-order valence-corrected chi connectivity index (χ2v) is 9.30. The van der Waals surface area contributed by atoms with Crippen LogP contribution in [0.2, 0.25) is 0 Å². The summed E-state index contributed by atoms with van der Waals surface area (Å²) in [5, 5.41) is 8.61. The van der Waals surface area contributed by atoms with E-state index in [0.717, 1.165) is 34.1 Å². The molecule has 0 bridgehead atoms. The van der Waals surface area contributed by atoms with E-state index in [-0.39, 0.29) is 11.8 Å². The van der Waals surface area contributed by atoms with Gasteiger partial charge in [-0.15, -0.1) is 0 Å². The molecule has 2 amide bonds. The number of amides is 2. The molecule has 0 aliphatic carbocycles. The fourth-order valence-corrected chi connectivity index (χ4v) is 5.07. The van der Waals surface area contributed by atoms with Crippen molar-refractivity contribution in [3.63, 3.8) is 0 Å². The Morgan fingerprint density at radius 2 is 1.21 bits per heavy atom. The van der Waals surface area contributed by atoms with Crippen LogP contribution in [0.5, 0.6) is 11.5 Å². The predicted octanol–water partition coefficient (Wildman–Crippen LogP) is 2.69. The fourth-order valence-electron chi connectivity index (χ4n) is 2.95. The Morgan fingerprint density at radius 1 is 0.758 bits per heavy atom. The van der Waals surface area contributed by atoms with Crippen molar-refractivity contribution in [2.24, 2.45) is 0 Å². The van der Waals surface area contributed by atoms with Crippen molar-refractivity contribution in [1.82, 2.24) is 16.0 Å². The molecule has 0 aliphatic heterocycles. The highest BCUT2D eigenvalue weighted by molar-refractivity contribution is 7.98. The van der Waals surface area contributed by atoms with Crippen LogP contribution in [0.15, 0.2) is 48.5 Å². The van der Waals surface area contributed by atoms with Gasteiger partial charge in [-0.3, -0.25) is 9.59 Å². The van der Waals surface area contributed by atoms with Crippen molar-refractivity contribution in [1.29, 1.82) is 0 Å². The Hall–Kier alpha value is -2.36. The second kappa shape index (κ2) is 14.7. The molecule has 2 atom stereocenters. The van der Waals surface area contributed by atoms with Crippen LogP contribution < -0.4 is 25.4 Å². The summed E-state index contributed by atoms with van der Waals surface area (Å²) < 4.78 is 10.4. The van der Waals surface area contributed by atoms with Crippen molar-refractivity contribution < 1.29 is 19.1 Å². The summed E-state index contributed by atoms with van der Waals surface area (Å²) in [5.74, 6) is 3.83. The topological polar surface area (TPSA) is 88.7 Å². The highest BCUT2D eigenvalue weighted by atomic mass is 32.2. The van der Waals surface area contributed by atoms with Gasteiger partial charge in [0.25, 0.3) is 0 Å². The minimum Gasteiger partial charge on any atom is -0.497 e. The zero-order valence-electron chi connectivity index (χ0n) is 19.6. The van der Waals surface area contributed by atoms with E-state index in [0.29, 0.717) is 11.5 Å². The minimum atomic E-state index is -0.604. The van der Waals surface area contributed by atoms with E-state index in [2.05, 4.69) is 16.0 Å². The molecule has 9 heteroatoms. The van der Waals surface area contributed by atoms with E-state index < -0.39 is 12.1 Å². The first-order chi connectivity index (χ1) is 16.0. The van der Waals surface area contributed by atoms with Gasteiger partial charge in [-0.1, -0.05) is 24.3 Å². The van der Waals surface area contributed by atoms with Gasteiger partial charge in [0.1, 0.15) is 17.5 Å². The summed E-state index contributed by atoms with van der Waals surface area (Å²) in [6.07, 6.45) is 0. The van der Waals surface area contributed by atoms with Crippen molar-refractivity contribution in [3.05, 3.63) is 59.7 Å². The Bertz CT molecular complexity index is 863. The van der Waals surface area contributed by atoms with Crippen LogP contribution >= 0.6 is 23.5 Å². The first-order valence-corrected chi connectivity index (χ1v) is 12.9. The molecule has 0 saturated heterocycles. The number of methoxy groups -OCH3 is 2. The Kier molecular flexibility index (Phi) is 12.0. The molecule has 180 valence electrons. The third-order valence-electron chi connectivity index (χ3n) is 4.97. The van der Waals surface area contributed by atoms with Gasteiger partial charge in [-0.05, 0) is 42.4 Å². The zero-order chi connectivity index (χ0) is 24.1. The number of carbonyl (C=O) groups is 2. The summed E-state index contributed by atoms with van der Waals surface area (Å²) >= 11 is 3.26. The molecular formula is C24H33N3O4S2. The van der Waals surface area contributed by atoms with Crippen LogP contribution in [0, 0.1) is 0 Å². The summed E-state index contributed by atoms with van der Waals surface area (Å²) in [6.45, 7) is 0. The standard InChI is InChI=1S/C24H33N3O4S2/c1-25-21(15-32-13-17-5-9-19(30-3)10-6-17)24(29)27-22(23(28)26-2)16-33-14-18-7-11-20(31-4)12-8-18/h5-12,21-22,25H,13-16H2,1-4H3,(H,26,28)(H,27,29). The van der Waals surface area contributed by atoms with E-state index >= 15 is 0 Å². The second-order valence-electron chi connectivity index (χ2n) is 7.24. The number of likely N-dealkylation sites (N-methyl/N-ethyl adjacent to an activating group) is 2. The average Bonchev–Trinajstić information content (AvgIpc) is 2.86. The zero-order valence-corrected chi connectivity index (χ0v) is 21.2. The van der Waals surface area contributed by atoms with E-state index in [1.54, 1.807) is 51.8 Å². The fraction of sp³-hybridized carbons (Fsp3) is 0.417. The van der Waals surface area contributed by atoms with Gasteiger partial charge in [-0.2, -0.15) is 23.5 Å². The summed E-state index contributed by atoms with van der Waals surface area (Å²) in [4.78, 5) is 25.2. The highest BCUT2D eigenvalue weighted by Crippen LogP contribution is 2.19. The molecule has 2 rings (SSSR count). The molecule has 0 aliphatic rings. The highest BCUT2D eigenvalue weighted by Gasteiger charge is 2.24. The van der Waals surface area contributed by atoms with Gasteiger partial charge in [0.15, 0.2) is 0 Å². The number of thioether (sulfide) groups is 2. The molecule has 2 unspecified atom stereocenters. The minimum absolute atomic E-state index is 0.182. The quantitative estimate of drug-likeness (QED) is 0.374. The van der Waals surface area contributed by atoms with Crippen LogP contribution in [0.1, 0.15) is 11.1 Å². The first kappa shape index (κ1) is 26.9. The maximum absolute atomic E-state index is 12.8. The average molecular weight is 492 g/mol. The van der Waals surface area contributed by atoms with Crippen molar-refractivity contribution in [3.8, 4) is 11.5 Å². The van der Waals surface area contributed by atoms with Crippen LogP contribution in [0.4, 0.5) is 0 Å². The monoisotopic (exact) mass is 491 g/mol. The third kappa shape index (κ3) is 9.19. The maximum Gasteiger partial charge on any atom is 0.243 e. The molecule has 3 N–H and O–H groups in total. The van der Waals surface area contributed by atoms with Crippen LogP contribution in [-0.2, 0) is 21.1 Å². The molecule has 0 radical (unpaired) electrons. The lowest BCUT2D eigenvalue weighted by atomic mass is 10.2. The molecule has 0 aromatic heterocycles. The molecule has 2 aromatic carbocycles. The molecule has 2 aromatic rings. The SMILES string of the molecule is CNC(=O)C(CSCc1ccc(OC)cc1)NC(=O)C(CSCc1ccc(OC)cc1)NC. The third-order valence-corrected chi connectivity index (χ3v) is 7.18. The maximum atomic E-state index is 12.8. The number of hydrogen-bond donors (Lipinski definition) is 3. The Morgan fingerprint density at radius 3 is 1.61 bits per heavy atom. The summed E-state index contributed by atoms with van der Waals surface area (Å²) in [5.41, 5.74) is 2.29. The largest absolute Gasteiger partial charge is 0.497 e. The summed E-state index contributed by atoms with van der Waals surface area (Å²) in [7, 11) is 6.61. The van der Waals surface area contributed by atoms with E-state index in [1.165, 1.54) is 0 Å². The van der Waals surface area contributed by atoms with Gasteiger partial charge < -0.3 is 25.4 Å². The number of nitrogens with one attached hydrogen (secondary N) is 3. The van der Waals surface area contributed by atoms with Gasteiger partial charge in [0.05, 0.1) is 20.3 Å². The van der Waals surface area contributed by atoms with Gasteiger partial charge in [0.2, 0.25) is 11.8 Å². The van der Waals surface area contributed by atoms with E-state index in [4.69, 9.17) is 9.47 Å². The Labute approximate surface area is 204 Å². The van der Waals surface area contributed by atoms with Gasteiger partial charge in [-0.25, -0.2) is 0 Å². The molecule has 7 nitrogen and oxygen atoms in total. The molecule has 0 heterocycles. The van der Waals surface area contributed by atoms with Gasteiger partial charge >= 0.3 is 0 Å². The lowest BCUT2D eigenvalue weighted by Crippen LogP contribution is -2.53. The predicted molar refractivity (Wildman–Crippen MR) is 137 cm³/mol. The lowest BCUT2D eigenvalue weighted by molar-refractivity contribution is -0.128. The van der Waals surface area contributed by atoms with Crippen molar-refractivity contribution in [2.45, 2.75) is 23.6 Å².